The molecule has 2 saturated heterocycles. The summed E-state index contributed by atoms with van der Waals surface area (Å²) in [6, 6.07) is 5.72. The van der Waals surface area contributed by atoms with Gasteiger partial charge in [-0.25, -0.2) is 4.79 Å². The molecule has 4 amide bonds. The summed E-state index contributed by atoms with van der Waals surface area (Å²) in [7, 11) is 0. The molecule has 1 atom stereocenters. The lowest BCUT2D eigenvalue weighted by atomic mass is 10.1. The maximum absolute atomic E-state index is 12.5. The Hall–Kier alpha value is -2.57. The smallest absolute Gasteiger partial charge is 0.322 e. The molecule has 0 bridgehead atoms. The van der Waals surface area contributed by atoms with Gasteiger partial charge in [0.1, 0.15) is 0 Å². The summed E-state index contributed by atoms with van der Waals surface area (Å²) in [5.41, 5.74) is 2.26. The van der Waals surface area contributed by atoms with Crippen LogP contribution in [0.2, 0.25) is 0 Å². The number of nitrogens with one attached hydrogen (secondary N) is 2. The molecule has 2 aliphatic heterocycles. The molecule has 1 aromatic carbocycles. The van der Waals surface area contributed by atoms with Crippen LogP contribution in [-0.2, 0) is 4.79 Å². The Kier molecular flexibility index (Phi) is 4.30. The molecule has 0 radical (unpaired) electrons. The summed E-state index contributed by atoms with van der Waals surface area (Å²) in [5.74, 6) is 0.230. The zero-order chi connectivity index (χ0) is 18.3. The molecule has 1 aromatic rings. The number of hydrogen-bond donors (Lipinski definition) is 2. The van der Waals surface area contributed by atoms with E-state index in [-0.39, 0.29) is 23.8 Å². The van der Waals surface area contributed by atoms with E-state index in [9.17, 15) is 14.4 Å². The highest BCUT2D eigenvalue weighted by Gasteiger charge is 2.39. The van der Waals surface area contributed by atoms with Crippen LogP contribution in [0, 0.1) is 12.8 Å². The number of aryl methyl sites for hydroxylation is 1. The van der Waals surface area contributed by atoms with Crippen molar-refractivity contribution in [2.75, 3.05) is 31.1 Å². The average molecular weight is 356 g/mol. The van der Waals surface area contributed by atoms with Gasteiger partial charge in [0, 0.05) is 55.8 Å². The van der Waals surface area contributed by atoms with E-state index in [0.29, 0.717) is 37.7 Å². The van der Waals surface area contributed by atoms with Crippen LogP contribution in [0.5, 0.6) is 0 Å². The molecule has 3 aliphatic rings. The fraction of sp³-hybridized carbons (Fsp3) is 0.526. The van der Waals surface area contributed by atoms with Crippen molar-refractivity contribution in [3.8, 4) is 0 Å². The number of carbonyl (C=O) groups excluding carboxylic acids is 3. The van der Waals surface area contributed by atoms with Crippen molar-refractivity contribution in [3.63, 3.8) is 0 Å². The van der Waals surface area contributed by atoms with Crippen molar-refractivity contribution in [1.29, 1.82) is 0 Å². The van der Waals surface area contributed by atoms with Gasteiger partial charge in [0.05, 0.1) is 0 Å². The molecular formula is C19H24N4O3. The SMILES string of the molecule is Cc1ccc(C(=O)NCC2CC(=O)N(C3CC3)C2)cc1N1CCNC1=O. The van der Waals surface area contributed by atoms with Crippen molar-refractivity contribution in [2.24, 2.45) is 5.92 Å². The summed E-state index contributed by atoms with van der Waals surface area (Å²) in [5, 5.41) is 5.73. The van der Waals surface area contributed by atoms with Crippen LogP contribution in [0.15, 0.2) is 18.2 Å². The van der Waals surface area contributed by atoms with Crippen molar-refractivity contribution < 1.29 is 14.4 Å². The van der Waals surface area contributed by atoms with E-state index in [4.69, 9.17) is 0 Å². The van der Waals surface area contributed by atoms with Crippen LogP contribution >= 0.6 is 0 Å². The summed E-state index contributed by atoms with van der Waals surface area (Å²) in [4.78, 5) is 40.1. The third-order valence-corrected chi connectivity index (χ3v) is 5.40. The summed E-state index contributed by atoms with van der Waals surface area (Å²) < 4.78 is 0. The van der Waals surface area contributed by atoms with Crippen molar-refractivity contribution in [3.05, 3.63) is 29.3 Å². The number of benzene rings is 1. The Morgan fingerprint density at radius 3 is 2.81 bits per heavy atom. The van der Waals surface area contributed by atoms with Gasteiger partial charge in [0.2, 0.25) is 5.91 Å². The van der Waals surface area contributed by atoms with Gasteiger partial charge in [0.15, 0.2) is 0 Å². The first-order valence-electron chi connectivity index (χ1n) is 9.26. The van der Waals surface area contributed by atoms with Crippen LogP contribution < -0.4 is 15.5 Å². The van der Waals surface area contributed by atoms with Crippen LogP contribution in [0.4, 0.5) is 10.5 Å². The zero-order valence-electron chi connectivity index (χ0n) is 15.0. The van der Waals surface area contributed by atoms with E-state index in [0.717, 1.165) is 30.6 Å². The number of hydrogen-bond acceptors (Lipinski definition) is 3. The third-order valence-electron chi connectivity index (χ3n) is 5.40. The minimum absolute atomic E-state index is 0.129. The first-order valence-corrected chi connectivity index (χ1v) is 9.26. The normalized spacial score (nSPS) is 22.7. The number of urea groups is 1. The van der Waals surface area contributed by atoms with Crippen LogP contribution in [0.1, 0.15) is 35.2 Å². The van der Waals surface area contributed by atoms with Gasteiger partial charge in [-0.2, -0.15) is 0 Å². The molecule has 1 saturated carbocycles. The minimum atomic E-state index is -0.164. The highest BCUT2D eigenvalue weighted by Crippen LogP contribution is 2.32. The largest absolute Gasteiger partial charge is 0.352 e. The standard InChI is InChI=1S/C19H24N4O3/c1-12-2-3-14(9-16(12)22-7-6-20-19(22)26)18(25)21-10-13-8-17(24)23(11-13)15-4-5-15/h2-3,9,13,15H,4-8,10-11H2,1H3,(H,20,26)(H,21,25). The van der Waals surface area contributed by atoms with Crippen molar-refractivity contribution >= 4 is 23.5 Å². The molecule has 7 heteroatoms. The fourth-order valence-electron chi connectivity index (χ4n) is 3.77. The monoisotopic (exact) mass is 356 g/mol. The van der Waals surface area contributed by atoms with E-state index in [1.165, 1.54) is 0 Å². The zero-order valence-corrected chi connectivity index (χ0v) is 15.0. The molecule has 4 rings (SSSR count). The van der Waals surface area contributed by atoms with Crippen LogP contribution in [-0.4, -0.2) is 55.0 Å². The quantitative estimate of drug-likeness (QED) is 0.833. The molecule has 1 aliphatic carbocycles. The number of nitrogens with zero attached hydrogens (tertiary/aromatic N) is 2. The summed E-state index contributed by atoms with van der Waals surface area (Å²) in [6.45, 7) is 4.39. The number of amides is 4. The van der Waals surface area contributed by atoms with Gasteiger partial charge in [-0.05, 0) is 37.5 Å². The molecule has 2 heterocycles. The van der Waals surface area contributed by atoms with E-state index in [2.05, 4.69) is 10.6 Å². The third kappa shape index (κ3) is 3.25. The van der Waals surface area contributed by atoms with Gasteiger partial charge >= 0.3 is 6.03 Å². The highest BCUT2D eigenvalue weighted by atomic mass is 16.2. The molecule has 0 spiro atoms. The minimum Gasteiger partial charge on any atom is -0.352 e. The molecule has 3 fully saturated rings. The average Bonchev–Trinajstić information content (AvgIpc) is 3.27. The Labute approximate surface area is 152 Å². The first-order chi connectivity index (χ1) is 12.5. The molecule has 0 aromatic heterocycles. The Morgan fingerprint density at radius 2 is 2.12 bits per heavy atom. The number of carbonyl (C=O) groups is 3. The lowest BCUT2D eigenvalue weighted by Crippen LogP contribution is -2.32. The predicted octanol–water partition coefficient (Wildman–Crippen LogP) is 1.27. The molecule has 138 valence electrons. The van der Waals surface area contributed by atoms with E-state index in [1.807, 2.05) is 17.9 Å². The van der Waals surface area contributed by atoms with E-state index >= 15 is 0 Å². The molecule has 2 N–H and O–H groups in total. The predicted molar refractivity (Wildman–Crippen MR) is 97.1 cm³/mol. The first kappa shape index (κ1) is 16.9. The van der Waals surface area contributed by atoms with Gasteiger partial charge in [0.25, 0.3) is 5.91 Å². The molecule has 7 nitrogen and oxygen atoms in total. The Morgan fingerprint density at radius 1 is 1.31 bits per heavy atom. The molecule has 1 unspecified atom stereocenters. The maximum Gasteiger partial charge on any atom is 0.322 e. The topological polar surface area (TPSA) is 81.8 Å². The second-order valence-electron chi connectivity index (χ2n) is 7.44. The lowest BCUT2D eigenvalue weighted by molar-refractivity contribution is -0.128. The van der Waals surface area contributed by atoms with Gasteiger partial charge in [-0.1, -0.05) is 6.07 Å². The number of rotatable bonds is 5. The van der Waals surface area contributed by atoms with Gasteiger partial charge in [-0.3, -0.25) is 14.5 Å². The number of anilines is 1. The van der Waals surface area contributed by atoms with Crippen molar-refractivity contribution in [2.45, 2.75) is 32.2 Å². The van der Waals surface area contributed by atoms with Crippen LogP contribution in [0.25, 0.3) is 0 Å². The lowest BCUT2D eigenvalue weighted by Gasteiger charge is -2.18. The fourth-order valence-corrected chi connectivity index (χ4v) is 3.77. The second-order valence-corrected chi connectivity index (χ2v) is 7.44. The van der Waals surface area contributed by atoms with Gasteiger partial charge < -0.3 is 15.5 Å². The van der Waals surface area contributed by atoms with Crippen LogP contribution in [0.3, 0.4) is 0 Å². The highest BCUT2D eigenvalue weighted by molar-refractivity contribution is 5.99. The van der Waals surface area contributed by atoms with Gasteiger partial charge in [-0.15, -0.1) is 0 Å². The Balaban J connectivity index is 1.39. The van der Waals surface area contributed by atoms with E-state index in [1.54, 1.807) is 17.0 Å². The second kappa shape index (κ2) is 6.63. The Bertz CT molecular complexity index is 759. The molecular weight excluding hydrogens is 332 g/mol. The van der Waals surface area contributed by atoms with Crippen molar-refractivity contribution in [1.82, 2.24) is 15.5 Å². The molecule has 26 heavy (non-hydrogen) atoms. The summed E-state index contributed by atoms with van der Waals surface area (Å²) >= 11 is 0. The van der Waals surface area contributed by atoms with E-state index < -0.39 is 0 Å². The maximum atomic E-state index is 12.5. The summed E-state index contributed by atoms with van der Waals surface area (Å²) in [6.07, 6.45) is 2.74. The number of likely N-dealkylation sites (tertiary alicyclic amines) is 1.